The molecule has 0 aliphatic carbocycles. The molecule has 15 nitrogen and oxygen atoms in total. The molecule has 6 rings (SSSR count). The Morgan fingerprint density at radius 2 is 0.531 bits per heavy atom. The van der Waals surface area contributed by atoms with Crippen molar-refractivity contribution in [2.75, 3.05) is 39.6 Å². The summed E-state index contributed by atoms with van der Waals surface area (Å²) in [6.45, 7) is 12.8. The Bertz CT molecular complexity index is 2580. The van der Waals surface area contributed by atoms with Crippen LogP contribution in [0, 0.1) is 0 Å². The normalized spacial score (nSPS) is 10.6. The van der Waals surface area contributed by atoms with Gasteiger partial charge in [0.05, 0.1) is 19.8 Å². The lowest BCUT2D eigenvalue weighted by Gasteiger charge is -2.07. The van der Waals surface area contributed by atoms with Gasteiger partial charge in [0.15, 0.2) is 37.3 Å². The fourth-order valence-electron chi connectivity index (χ4n) is 8.36. The first-order chi connectivity index (χ1) is 39.7. The zero-order valence-electron chi connectivity index (χ0n) is 49.3. The molecule has 0 saturated carbocycles. The molecule has 15 heteroatoms. The van der Waals surface area contributed by atoms with Crippen LogP contribution in [0.1, 0.15) is 174 Å². The highest BCUT2D eigenvalue weighted by atomic mass is 16.6. The Kier molecular flexibility index (Phi) is 34.1. The molecular weight excluding hydrogens is 1020 g/mol. The molecule has 0 unspecified atom stereocenters. The fourth-order valence-corrected chi connectivity index (χ4v) is 8.36. The number of aryl methyl sites for hydroxylation is 3. The van der Waals surface area contributed by atoms with Crippen LogP contribution in [0.2, 0.25) is 0 Å². The van der Waals surface area contributed by atoms with Gasteiger partial charge in [0, 0.05) is 53.9 Å². The number of nitrogens with zero attached hydrogens (tertiary/aromatic N) is 6. The Hall–Kier alpha value is -7.29. The van der Waals surface area contributed by atoms with Gasteiger partial charge in [-0.1, -0.05) is 117 Å². The molecular formula is C66H90N6O9. The Labute approximate surface area is 482 Å². The minimum Gasteiger partial charge on any atom is -0.482 e. The third-order valence-electron chi connectivity index (χ3n) is 12.9. The van der Waals surface area contributed by atoms with Crippen molar-refractivity contribution in [3.63, 3.8) is 0 Å². The second-order valence-corrected chi connectivity index (χ2v) is 19.7. The monoisotopic (exact) mass is 1110 g/mol. The Balaban J connectivity index is 0.000000262. The molecule has 6 aromatic rings. The van der Waals surface area contributed by atoms with E-state index in [1.165, 1.54) is 132 Å². The third-order valence-corrected chi connectivity index (χ3v) is 12.9. The van der Waals surface area contributed by atoms with Crippen LogP contribution in [0.25, 0.3) is 34.2 Å². The van der Waals surface area contributed by atoms with Crippen LogP contribution >= 0.6 is 0 Å². The largest absolute Gasteiger partial charge is 0.482 e. The molecule has 81 heavy (non-hydrogen) atoms. The Morgan fingerprint density at radius 3 is 0.753 bits per heavy atom. The number of ether oxygens (including phenoxy) is 6. The van der Waals surface area contributed by atoms with E-state index in [1.54, 1.807) is 32.9 Å². The topological polar surface area (TPSA) is 184 Å². The number of hydrogen-bond donors (Lipinski definition) is 0. The van der Waals surface area contributed by atoms with E-state index in [0.29, 0.717) is 54.5 Å². The minimum absolute atomic E-state index is 0.0863. The number of hydrogen-bond acceptors (Lipinski definition) is 15. The maximum Gasteiger partial charge on any atom is 0.344 e. The smallest absolute Gasteiger partial charge is 0.344 e. The molecule has 3 aromatic heterocycles. The van der Waals surface area contributed by atoms with Gasteiger partial charge in [-0.05, 0) is 149 Å². The predicted octanol–water partition coefficient (Wildman–Crippen LogP) is 15.0. The Morgan fingerprint density at radius 1 is 0.309 bits per heavy atom. The summed E-state index contributed by atoms with van der Waals surface area (Å²) in [6.07, 6.45) is 37.8. The molecule has 0 spiro atoms. The van der Waals surface area contributed by atoms with Gasteiger partial charge in [0.1, 0.15) is 17.2 Å². The first kappa shape index (κ1) is 66.2. The van der Waals surface area contributed by atoms with Gasteiger partial charge < -0.3 is 28.4 Å². The van der Waals surface area contributed by atoms with Crippen molar-refractivity contribution in [2.24, 2.45) is 0 Å². The number of benzene rings is 3. The van der Waals surface area contributed by atoms with Gasteiger partial charge in [-0.3, -0.25) is 0 Å². The fraction of sp³-hybridized carbons (Fsp3) is 0.500. The van der Waals surface area contributed by atoms with E-state index in [4.69, 9.17) is 28.4 Å². The molecule has 3 heterocycles. The maximum absolute atomic E-state index is 11.3. The van der Waals surface area contributed by atoms with Crippen molar-refractivity contribution in [1.82, 2.24) is 29.9 Å². The lowest BCUT2D eigenvalue weighted by atomic mass is 10.1. The molecule has 0 bridgehead atoms. The van der Waals surface area contributed by atoms with Gasteiger partial charge >= 0.3 is 17.9 Å². The molecule has 0 aliphatic rings. The van der Waals surface area contributed by atoms with E-state index in [1.807, 2.05) is 97.8 Å². The summed E-state index contributed by atoms with van der Waals surface area (Å²) in [7, 11) is 0. The van der Waals surface area contributed by atoms with E-state index in [-0.39, 0.29) is 37.7 Å². The maximum atomic E-state index is 11.3. The minimum atomic E-state index is -0.370. The van der Waals surface area contributed by atoms with Gasteiger partial charge in [0.25, 0.3) is 0 Å². The van der Waals surface area contributed by atoms with Crippen molar-refractivity contribution in [3.8, 4) is 51.4 Å². The van der Waals surface area contributed by atoms with Crippen LogP contribution < -0.4 is 14.2 Å². The summed E-state index contributed by atoms with van der Waals surface area (Å²) in [6, 6.07) is 22.2. The molecule has 438 valence electrons. The molecule has 0 amide bonds. The summed E-state index contributed by atoms with van der Waals surface area (Å²) < 4.78 is 30.7. The van der Waals surface area contributed by atoms with E-state index in [9.17, 15) is 14.4 Å². The average Bonchev–Trinajstić information content (AvgIpc) is 3.55. The number of rotatable bonds is 36. The number of esters is 3. The summed E-state index contributed by atoms with van der Waals surface area (Å²) in [5, 5.41) is 0. The second-order valence-electron chi connectivity index (χ2n) is 19.7. The quantitative estimate of drug-likeness (QED) is 0.0205. The van der Waals surface area contributed by atoms with Gasteiger partial charge in [-0.25, -0.2) is 44.3 Å². The standard InChI is InChI=1S/C23H32N2O3.C22H30N2O3.C21H28N2O3/c1-3-5-6-7-8-9-10-11-19-16-24-23(25-17-19)20-12-14-21(15-13-20)28-18-22(26)27-4-2;1-3-5-6-7-8-9-10-18-15-23-22(24-16-18)19-11-13-20(14-12-19)27-17-21(25)26-4-2;1-3-5-6-7-8-9-17-14-22-21(23-15-17)18-10-12-19(13-11-18)26-16-20(24)25-4-2/h12-17H,3-11,18H2,1-2H3;11-16H,3-10,17H2,1-2H3;10-15H,3-9,16H2,1-2H3. The number of carbonyl (C=O) groups excluding carboxylic acids is 3. The van der Waals surface area contributed by atoms with Crippen LogP contribution in [0.3, 0.4) is 0 Å². The molecule has 3 aromatic carbocycles. The predicted molar refractivity (Wildman–Crippen MR) is 320 cm³/mol. The molecule has 0 N–H and O–H groups in total. The first-order valence-electron chi connectivity index (χ1n) is 29.8. The lowest BCUT2D eigenvalue weighted by molar-refractivity contribution is -0.146. The zero-order valence-corrected chi connectivity index (χ0v) is 49.3. The highest BCUT2D eigenvalue weighted by molar-refractivity contribution is 5.72. The van der Waals surface area contributed by atoms with Crippen LogP contribution in [-0.4, -0.2) is 87.5 Å². The molecule has 0 atom stereocenters. The van der Waals surface area contributed by atoms with Crippen molar-refractivity contribution >= 4 is 17.9 Å². The van der Waals surface area contributed by atoms with Gasteiger partial charge in [0.2, 0.25) is 0 Å². The van der Waals surface area contributed by atoms with E-state index in [0.717, 1.165) is 36.0 Å². The summed E-state index contributed by atoms with van der Waals surface area (Å²) in [5.41, 5.74) is 6.31. The highest BCUT2D eigenvalue weighted by Crippen LogP contribution is 2.23. The van der Waals surface area contributed by atoms with Crippen LogP contribution in [0.4, 0.5) is 0 Å². The van der Waals surface area contributed by atoms with Crippen molar-refractivity contribution < 1.29 is 42.8 Å². The van der Waals surface area contributed by atoms with Crippen LogP contribution in [-0.2, 0) is 47.9 Å². The zero-order chi connectivity index (χ0) is 58.0. The third kappa shape index (κ3) is 28.6. The van der Waals surface area contributed by atoms with Crippen LogP contribution in [0.15, 0.2) is 110 Å². The molecule has 0 aliphatic heterocycles. The van der Waals surface area contributed by atoms with E-state index < -0.39 is 0 Å². The van der Waals surface area contributed by atoms with E-state index >= 15 is 0 Å². The SMILES string of the molecule is CCCCCCCCCc1cnc(-c2ccc(OCC(=O)OCC)cc2)nc1.CCCCCCCCc1cnc(-c2ccc(OCC(=O)OCC)cc2)nc1.CCCCCCCc1cnc(-c2ccc(OCC(=O)OCC)cc2)nc1. The van der Waals surface area contributed by atoms with Crippen molar-refractivity contribution in [2.45, 2.75) is 176 Å². The van der Waals surface area contributed by atoms with Gasteiger partial charge in [-0.2, -0.15) is 0 Å². The molecule has 0 fully saturated rings. The first-order valence-corrected chi connectivity index (χ1v) is 29.8. The molecule has 0 saturated heterocycles. The number of carbonyl (C=O) groups is 3. The second kappa shape index (κ2) is 41.7. The summed E-state index contributed by atoms with van der Waals surface area (Å²) >= 11 is 0. The van der Waals surface area contributed by atoms with Crippen LogP contribution in [0.5, 0.6) is 17.2 Å². The number of aromatic nitrogens is 6. The van der Waals surface area contributed by atoms with Gasteiger partial charge in [-0.15, -0.1) is 0 Å². The molecule has 0 radical (unpaired) electrons. The average molecular weight is 1110 g/mol. The summed E-state index contributed by atoms with van der Waals surface area (Å²) in [4.78, 5) is 60.8. The van der Waals surface area contributed by atoms with Crippen molar-refractivity contribution in [1.29, 1.82) is 0 Å². The van der Waals surface area contributed by atoms with Crippen molar-refractivity contribution in [3.05, 3.63) is 127 Å². The highest BCUT2D eigenvalue weighted by Gasteiger charge is 2.09. The van der Waals surface area contributed by atoms with E-state index in [2.05, 4.69) is 50.7 Å². The lowest BCUT2D eigenvalue weighted by Crippen LogP contribution is -2.14. The summed E-state index contributed by atoms with van der Waals surface area (Å²) in [5.74, 6) is 2.82. The number of unbranched alkanes of at least 4 members (excludes halogenated alkanes) is 15.